The van der Waals surface area contributed by atoms with Crippen molar-refractivity contribution in [3.05, 3.63) is 83.7 Å². The van der Waals surface area contributed by atoms with Gasteiger partial charge < -0.3 is 9.72 Å². The summed E-state index contributed by atoms with van der Waals surface area (Å²) in [5.41, 5.74) is 5.99. The summed E-state index contributed by atoms with van der Waals surface area (Å²) in [6, 6.07) is 14.7. The zero-order valence-corrected chi connectivity index (χ0v) is 14.6. The molecule has 27 heavy (non-hydrogen) atoms. The molecule has 2 N–H and O–H groups in total. The Morgan fingerprint density at radius 1 is 1.22 bits per heavy atom. The molecule has 3 aromatic rings. The van der Waals surface area contributed by atoms with Gasteiger partial charge in [-0.2, -0.15) is 5.10 Å². The van der Waals surface area contributed by atoms with E-state index in [0.29, 0.717) is 17.9 Å². The van der Waals surface area contributed by atoms with Crippen molar-refractivity contribution in [2.24, 2.45) is 5.10 Å². The summed E-state index contributed by atoms with van der Waals surface area (Å²) in [6.45, 7) is 0.327. The second-order valence-corrected chi connectivity index (χ2v) is 6.09. The number of rotatable bonds is 6. The monoisotopic (exact) mass is 358 g/mol. The largest absolute Gasteiger partial charge is 0.486 e. The molecule has 0 aliphatic heterocycles. The maximum absolute atomic E-state index is 12.1. The Kier molecular flexibility index (Phi) is 4.78. The van der Waals surface area contributed by atoms with Gasteiger partial charge in [-0.3, -0.25) is 4.79 Å². The van der Waals surface area contributed by atoms with Crippen molar-refractivity contribution in [3.63, 3.8) is 0 Å². The molecule has 0 saturated heterocycles. The average Bonchev–Trinajstić information content (AvgIpc) is 3.36. The summed E-state index contributed by atoms with van der Waals surface area (Å²) in [5, 5.41) is 3.97. The van der Waals surface area contributed by atoms with Crippen molar-refractivity contribution in [2.45, 2.75) is 13.0 Å². The third-order valence-electron chi connectivity index (χ3n) is 4.13. The van der Waals surface area contributed by atoms with Gasteiger partial charge >= 0.3 is 0 Å². The maximum Gasteiger partial charge on any atom is 0.271 e. The van der Waals surface area contributed by atoms with E-state index in [1.165, 1.54) is 0 Å². The number of hydrazone groups is 1. The van der Waals surface area contributed by atoms with E-state index < -0.39 is 0 Å². The molecule has 6 heteroatoms. The summed E-state index contributed by atoms with van der Waals surface area (Å²) in [5.74, 6) is 1.15. The third kappa shape index (κ3) is 4.12. The highest BCUT2D eigenvalue weighted by Gasteiger charge is 2.06. The van der Waals surface area contributed by atoms with E-state index >= 15 is 0 Å². The highest BCUT2D eigenvalue weighted by molar-refractivity contribution is 5.95. The number of carbonyl (C=O) groups is 1. The van der Waals surface area contributed by atoms with Crippen LogP contribution in [0.2, 0.25) is 0 Å². The van der Waals surface area contributed by atoms with Gasteiger partial charge in [0.25, 0.3) is 5.91 Å². The van der Waals surface area contributed by atoms with Crippen LogP contribution in [0.15, 0.2) is 77.4 Å². The number of nitrogens with zero attached hydrogens (tertiary/aromatic N) is 2. The highest BCUT2D eigenvalue weighted by atomic mass is 16.5. The van der Waals surface area contributed by atoms with Crippen molar-refractivity contribution in [3.8, 4) is 5.75 Å². The van der Waals surface area contributed by atoms with Gasteiger partial charge in [0, 0.05) is 5.56 Å². The molecule has 0 saturated carbocycles. The van der Waals surface area contributed by atoms with Crippen LogP contribution in [0.5, 0.6) is 5.75 Å². The van der Waals surface area contributed by atoms with Crippen LogP contribution in [0.1, 0.15) is 22.6 Å². The number of aromatic amines is 1. The standard InChI is InChI=1S/C21H18N4O2/c26-21(25-22-13-15-5-1-2-6-15)16-9-11-17(12-10-16)27-14-20-23-18-7-3-4-8-19(18)24-20/h1-5,7-13H,6,14H2,(H,23,24)(H,25,26)/b22-13+. The number of imidazole rings is 1. The smallest absolute Gasteiger partial charge is 0.271 e. The van der Waals surface area contributed by atoms with E-state index in [4.69, 9.17) is 4.74 Å². The molecule has 0 unspecified atom stereocenters. The second-order valence-electron chi connectivity index (χ2n) is 6.09. The lowest BCUT2D eigenvalue weighted by Gasteiger charge is -2.05. The maximum atomic E-state index is 12.1. The van der Waals surface area contributed by atoms with Crippen LogP contribution in [0.25, 0.3) is 11.0 Å². The fourth-order valence-electron chi connectivity index (χ4n) is 2.73. The Balaban J connectivity index is 1.32. The Hall–Kier alpha value is -3.67. The number of ether oxygens (including phenoxy) is 1. The van der Waals surface area contributed by atoms with E-state index in [9.17, 15) is 4.79 Å². The number of allylic oxidation sites excluding steroid dienone is 4. The molecule has 4 rings (SSSR count). The third-order valence-corrected chi connectivity index (χ3v) is 4.13. The molecule has 1 aliphatic carbocycles. The summed E-state index contributed by atoms with van der Waals surface area (Å²) >= 11 is 0. The molecule has 2 aromatic carbocycles. The van der Waals surface area contributed by atoms with E-state index in [1.54, 1.807) is 30.5 Å². The number of aromatic nitrogens is 2. The number of H-pyrrole nitrogens is 1. The van der Waals surface area contributed by atoms with Crippen LogP contribution in [0.4, 0.5) is 0 Å². The van der Waals surface area contributed by atoms with Crippen LogP contribution in [-0.4, -0.2) is 22.1 Å². The molecule has 134 valence electrons. The Labute approximate surface area is 156 Å². The van der Waals surface area contributed by atoms with Gasteiger partial charge in [0.2, 0.25) is 0 Å². The van der Waals surface area contributed by atoms with Crippen LogP contribution in [0.3, 0.4) is 0 Å². The van der Waals surface area contributed by atoms with Crippen molar-refractivity contribution in [2.75, 3.05) is 0 Å². The summed E-state index contributed by atoms with van der Waals surface area (Å²) in [7, 11) is 0. The van der Waals surface area contributed by atoms with Gasteiger partial charge in [0.1, 0.15) is 18.2 Å². The summed E-state index contributed by atoms with van der Waals surface area (Å²) < 4.78 is 5.74. The molecule has 1 aromatic heterocycles. The van der Waals surface area contributed by atoms with Crippen molar-refractivity contribution in [1.82, 2.24) is 15.4 Å². The van der Waals surface area contributed by atoms with Crippen molar-refractivity contribution in [1.29, 1.82) is 0 Å². The Morgan fingerprint density at radius 2 is 2.07 bits per heavy atom. The minimum absolute atomic E-state index is 0.262. The molecule has 6 nitrogen and oxygen atoms in total. The van der Waals surface area contributed by atoms with Gasteiger partial charge in [-0.25, -0.2) is 10.4 Å². The summed E-state index contributed by atoms with van der Waals surface area (Å²) in [6.07, 6.45) is 8.46. The molecule has 0 bridgehead atoms. The molecular weight excluding hydrogens is 340 g/mol. The molecular formula is C21H18N4O2. The molecule has 0 atom stereocenters. The highest BCUT2D eigenvalue weighted by Crippen LogP contribution is 2.15. The van der Waals surface area contributed by atoms with Crippen LogP contribution >= 0.6 is 0 Å². The fourth-order valence-corrected chi connectivity index (χ4v) is 2.73. The number of hydrogen-bond acceptors (Lipinski definition) is 4. The van der Waals surface area contributed by atoms with E-state index in [0.717, 1.165) is 28.9 Å². The minimum Gasteiger partial charge on any atom is -0.486 e. The topological polar surface area (TPSA) is 79.4 Å². The van der Waals surface area contributed by atoms with E-state index in [1.807, 2.05) is 42.5 Å². The van der Waals surface area contributed by atoms with Crippen molar-refractivity contribution < 1.29 is 9.53 Å². The fraction of sp³-hybridized carbons (Fsp3) is 0.0952. The molecule has 0 fully saturated rings. The summed E-state index contributed by atoms with van der Waals surface area (Å²) in [4.78, 5) is 19.8. The molecule has 0 radical (unpaired) electrons. The first-order valence-corrected chi connectivity index (χ1v) is 8.63. The van der Waals surface area contributed by atoms with Crippen LogP contribution < -0.4 is 10.2 Å². The number of benzene rings is 2. The number of fused-ring (bicyclic) bond motifs is 1. The van der Waals surface area contributed by atoms with Gasteiger partial charge in [0.15, 0.2) is 0 Å². The number of hydrogen-bond donors (Lipinski definition) is 2. The van der Waals surface area contributed by atoms with E-state index in [-0.39, 0.29) is 5.91 Å². The van der Waals surface area contributed by atoms with Gasteiger partial charge in [0.05, 0.1) is 17.2 Å². The Bertz CT molecular complexity index is 1010. The number of para-hydroxylation sites is 2. The zero-order chi connectivity index (χ0) is 18.5. The van der Waals surface area contributed by atoms with Crippen LogP contribution in [0, 0.1) is 0 Å². The predicted molar refractivity (Wildman–Crippen MR) is 105 cm³/mol. The Morgan fingerprint density at radius 3 is 2.85 bits per heavy atom. The second kappa shape index (κ2) is 7.70. The predicted octanol–water partition coefficient (Wildman–Crippen LogP) is 3.74. The molecule has 0 spiro atoms. The van der Waals surface area contributed by atoms with Gasteiger partial charge in [-0.15, -0.1) is 0 Å². The lowest BCUT2D eigenvalue weighted by Crippen LogP contribution is -2.17. The molecule has 1 heterocycles. The minimum atomic E-state index is -0.262. The van der Waals surface area contributed by atoms with Gasteiger partial charge in [-0.05, 0) is 48.4 Å². The number of carbonyl (C=O) groups excluding carboxylic acids is 1. The quantitative estimate of drug-likeness (QED) is 0.520. The molecule has 1 aliphatic rings. The zero-order valence-electron chi connectivity index (χ0n) is 14.6. The average molecular weight is 358 g/mol. The number of amides is 1. The van der Waals surface area contributed by atoms with E-state index in [2.05, 4.69) is 20.5 Å². The van der Waals surface area contributed by atoms with Crippen LogP contribution in [-0.2, 0) is 6.61 Å². The van der Waals surface area contributed by atoms with Gasteiger partial charge in [-0.1, -0.05) is 30.4 Å². The van der Waals surface area contributed by atoms with Crippen molar-refractivity contribution >= 4 is 23.2 Å². The SMILES string of the molecule is O=C(N/N=C/C1=CC=CC1)c1ccc(OCc2nc3ccccc3[nH]2)cc1. The lowest BCUT2D eigenvalue weighted by molar-refractivity contribution is 0.0955. The molecule has 1 amide bonds. The first-order valence-electron chi connectivity index (χ1n) is 8.63. The number of nitrogens with one attached hydrogen (secondary N) is 2. The first kappa shape index (κ1) is 16.8. The normalized spacial score (nSPS) is 13.3. The first-order chi connectivity index (χ1) is 13.3. The lowest BCUT2D eigenvalue weighted by atomic mass is 10.2.